The van der Waals surface area contributed by atoms with E-state index in [1.54, 1.807) is 0 Å². The summed E-state index contributed by atoms with van der Waals surface area (Å²) in [5.74, 6) is -0.533. The highest BCUT2D eigenvalue weighted by Gasteiger charge is 2.14. The largest absolute Gasteiger partial charge is 0.462 e. The third kappa shape index (κ3) is 2.84. The summed E-state index contributed by atoms with van der Waals surface area (Å²) in [6.07, 6.45) is 1.91. The Morgan fingerprint density at radius 2 is 2.12 bits per heavy atom. The van der Waals surface area contributed by atoms with Crippen LogP contribution in [0.2, 0.25) is 0 Å². The lowest BCUT2D eigenvalue weighted by molar-refractivity contribution is 0.0510. The van der Waals surface area contributed by atoms with Crippen LogP contribution in [-0.2, 0) is 11.2 Å². The van der Waals surface area contributed by atoms with Gasteiger partial charge in [-0.2, -0.15) is 0 Å². The van der Waals surface area contributed by atoms with Gasteiger partial charge in [-0.3, -0.25) is 0 Å². The minimum Gasteiger partial charge on any atom is -0.462 e. The average molecular weight is 232 g/mol. The number of ether oxygens (including phenoxy) is 1. The molecule has 0 saturated heterocycles. The van der Waals surface area contributed by atoms with Gasteiger partial charge in [-0.25, -0.2) is 4.79 Å². The molecular weight excluding hydrogens is 220 g/mol. The third-order valence-corrected chi connectivity index (χ3v) is 2.28. The van der Waals surface area contributed by atoms with Crippen LogP contribution in [-0.4, -0.2) is 17.7 Å². The van der Waals surface area contributed by atoms with E-state index in [9.17, 15) is 4.79 Å². The maximum atomic E-state index is 11.5. The van der Waals surface area contributed by atoms with E-state index in [-0.39, 0.29) is 11.4 Å². The van der Waals surface area contributed by atoms with Crippen molar-refractivity contribution in [1.82, 2.24) is 5.16 Å². The molecular formula is C12H12N2O3. The van der Waals surface area contributed by atoms with E-state index < -0.39 is 5.97 Å². The first-order valence-electron chi connectivity index (χ1n) is 5.18. The van der Waals surface area contributed by atoms with Gasteiger partial charge in [0.25, 0.3) is 0 Å². The zero-order chi connectivity index (χ0) is 12.1. The van der Waals surface area contributed by atoms with Crippen molar-refractivity contribution < 1.29 is 14.1 Å². The second-order valence-electron chi connectivity index (χ2n) is 3.48. The van der Waals surface area contributed by atoms with Gasteiger partial charge in [-0.1, -0.05) is 35.5 Å². The van der Waals surface area contributed by atoms with Gasteiger partial charge in [0.2, 0.25) is 5.88 Å². The Kier molecular flexibility index (Phi) is 3.40. The molecule has 88 valence electrons. The molecule has 1 aromatic carbocycles. The number of esters is 1. The molecule has 5 nitrogen and oxygen atoms in total. The van der Waals surface area contributed by atoms with Crippen molar-refractivity contribution in [2.45, 2.75) is 6.42 Å². The molecule has 2 rings (SSSR count). The lowest BCUT2D eigenvalue weighted by atomic mass is 10.2. The molecule has 0 aliphatic carbocycles. The number of carbonyl (C=O) groups is 1. The van der Waals surface area contributed by atoms with Crippen LogP contribution < -0.4 is 5.73 Å². The van der Waals surface area contributed by atoms with Crippen LogP contribution in [0.15, 0.2) is 41.1 Å². The predicted octanol–water partition coefficient (Wildman–Crippen LogP) is 1.66. The van der Waals surface area contributed by atoms with Gasteiger partial charge >= 0.3 is 5.97 Å². The van der Waals surface area contributed by atoms with Crippen molar-refractivity contribution in [3.8, 4) is 0 Å². The van der Waals surface area contributed by atoms with Gasteiger partial charge in [-0.05, 0) is 5.56 Å². The number of benzene rings is 1. The number of nitrogens with zero attached hydrogens (tertiary/aromatic N) is 1. The Bertz CT molecular complexity index is 493. The maximum absolute atomic E-state index is 11.5. The monoisotopic (exact) mass is 232 g/mol. The molecule has 0 aliphatic heterocycles. The van der Waals surface area contributed by atoms with E-state index in [0.717, 1.165) is 5.56 Å². The summed E-state index contributed by atoms with van der Waals surface area (Å²) in [6, 6.07) is 9.76. The van der Waals surface area contributed by atoms with Crippen molar-refractivity contribution >= 4 is 11.9 Å². The zero-order valence-corrected chi connectivity index (χ0v) is 9.13. The Morgan fingerprint density at radius 3 is 2.76 bits per heavy atom. The van der Waals surface area contributed by atoms with E-state index in [2.05, 4.69) is 9.68 Å². The summed E-state index contributed by atoms with van der Waals surface area (Å²) in [6.45, 7) is 0.299. The Morgan fingerprint density at radius 1 is 1.35 bits per heavy atom. The number of nitrogen functional groups attached to an aromatic ring is 1. The van der Waals surface area contributed by atoms with Gasteiger partial charge in [0, 0.05) is 6.42 Å². The summed E-state index contributed by atoms with van der Waals surface area (Å²) >= 11 is 0. The molecule has 0 spiro atoms. The molecule has 0 unspecified atom stereocenters. The molecule has 0 atom stereocenters. The van der Waals surface area contributed by atoms with Gasteiger partial charge in [0.15, 0.2) is 0 Å². The van der Waals surface area contributed by atoms with Crippen LogP contribution in [0.1, 0.15) is 15.9 Å². The fourth-order valence-electron chi connectivity index (χ4n) is 1.39. The molecule has 0 amide bonds. The standard InChI is InChI=1S/C12H12N2O3/c13-11-10(8-14-17-11)12(15)16-7-6-9-4-2-1-3-5-9/h1-5,8H,6-7,13H2. The number of rotatable bonds is 4. The maximum Gasteiger partial charge on any atom is 0.345 e. The normalized spacial score (nSPS) is 10.1. The molecule has 1 aromatic heterocycles. The van der Waals surface area contributed by atoms with Crippen LogP contribution in [0.3, 0.4) is 0 Å². The van der Waals surface area contributed by atoms with Crippen molar-refractivity contribution in [2.75, 3.05) is 12.3 Å². The molecule has 17 heavy (non-hydrogen) atoms. The Hall–Kier alpha value is -2.30. The second-order valence-corrected chi connectivity index (χ2v) is 3.48. The molecule has 2 aromatic rings. The van der Waals surface area contributed by atoms with Crippen LogP contribution in [0.5, 0.6) is 0 Å². The summed E-state index contributed by atoms with van der Waals surface area (Å²) in [4.78, 5) is 11.5. The minimum absolute atomic E-state index is 0.0188. The molecule has 5 heteroatoms. The average Bonchev–Trinajstić information content (AvgIpc) is 2.77. The van der Waals surface area contributed by atoms with Crippen LogP contribution >= 0.6 is 0 Å². The van der Waals surface area contributed by atoms with Crippen LogP contribution in [0.25, 0.3) is 0 Å². The first kappa shape index (κ1) is 11.2. The molecule has 0 saturated carbocycles. The fourth-order valence-corrected chi connectivity index (χ4v) is 1.39. The predicted molar refractivity (Wildman–Crippen MR) is 61.3 cm³/mol. The topological polar surface area (TPSA) is 78.4 Å². The number of hydrogen-bond acceptors (Lipinski definition) is 5. The number of carbonyl (C=O) groups excluding carboxylic acids is 1. The summed E-state index contributed by atoms with van der Waals surface area (Å²) in [7, 11) is 0. The summed E-state index contributed by atoms with van der Waals surface area (Å²) in [5, 5.41) is 3.41. The highest BCUT2D eigenvalue weighted by molar-refractivity contribution is 5.93. The lowest BCUT2D eigenvalue weighted by Gasteiger charge is -2.03. The SMILES string of the molecule is Nc1oncc1C(=O)OCCc1ccccc1. The van der Waals surface area contributed by atoms with Gasteiger partial charge in [-0.15, -0.1) is 0 Å². The van der Waals surface area contributed by atoms with E-state index in [1.807, 2.05) is 30.3 Å². The second kappa shape index (κ2) is 5.16. The highest BCUT2D eigenvalue weighted by Crippen LogP contribution is 2.11. The zero-order valence-electron chi connectivity index (χ0n) is 9.13. The fraction of sp³-hybridized carbons (Fsp3) is 0.167. The lowest BCUT2D eigenvalue weighted by Crippen LogP contribution is -2.09. The van der Waals surface area contributed by atoms with Crippen molar-refractivity contribution in [2.24, 2.45) is 0 Å². The first-order chi connectivity index (χ1) is 8.27. The quantitative estimate of drug-likeness (QED) is 0.811. The molecule has 0 radical (unpaired) electrons. The Labute approximate surface area is 98.2 Å². The van der Waals surface area contributed by atoms with Crippen LogP contribution in [0.4, 0.5) is 5.88 Å². The van der Waals surface area contributed by atoms with E-state index >= 15 is 0 Å². The van der Waals surface area contributed by atoms with Gasteiger partial charge in [0.1, 0.15) is 5.56 Å². The molecule has 0 fully saturated rings. The molecule has 1 heterocycles. The number of nitrogens with two attached hydrogens (primary N) is 1. The molecule has 0 aliphatic rings. The Balaban J connectivity index is 1.84. The van der Waals surface area contributed by atoms with E-state index in [1.165, 1.54) is 6.20 Å². The smallest absolute Gasteiger partial charge is 0.345 e. The molecule has 2 N–H and O–H groups in total. The van der Waals surface area contributed by atoms with Crippen LogP contribution in [0, 0.1) is 0 Å². The summed E-state index contributed by atoms with van der Waals surface area (Å²) < 4.78 is 9.63. The number of anilines is 1. The van der Waals surface area contributed by atoms with Crippen molar-refractivity contribution in [1.29, 1.82) is 0 Å². The van der Waals surface area contributed by atoms with Gasteiger partial charge < -0.3 is 15.0 Å². The van der Waals surface area contributed by atoms with E-state index in [4.69, 9.17) is 10.5 Å². The third-order valence-electron chi connectivity index (χ3n) is 2.28. The molecule has 0 bridgehead atoms. The van der Waals surface area contributed by atoms with Crippen molar-refractivity contribution in [3.05, 3.63) is 47.7 Å². The minimum atomic E-state index is -0.514. The van der Waals surface area contributed by atoms with E-state index in [0.29, 0.717) is 13.0 Å². The van der Waals surface area contributed by atoms with Crippen molar-refractivity contribution in [3.63, 3.8) is 0 Å². The van der Waals surface area contributed by atoms with Gasteiger partial charge in [0.05, 0.1) is 12.8 Å². The highest BCUT2D eigenvalue weighted by atomic mass is 16.5. The number of aromatic nitrogens is 1. The first-order valence-corrected chi connectivity index (χ1v) is 5.18. The number of hydrogen-bond donors (Lipinski definition) is 1. The summed E-state index contributed by atoms with van der Waals surface area (Å²) in [5.41, 5.74) is 6.67.